The van der Waals surface area contributed by atoms with E-state index < -0.39 is 11.7 Å². The molecule has 0 bridgehead atoms. The number of nitrogens with one attached hydrogen (secondary N) is 3. The quantitative estimate of drug-likeness (QED) is 0.326. The molecule has 4 aromatic rings. The van der Waals surface area contributed by atoms with Gasteiger partial charge in [-0.15, -0.1) is 0 Å². The summed E-state index contributed by atoms with van der Waals surface area (Å²) in [4.78, 5) is 20.0. The number of anilines is 3. The van der Waals surface area contributed by atoms with Crippen LogP contribution in [-0.2, 0) is 0 Å². The molecule has 0 spiro atoms. The van der Waals surface area contributed by atoms with Gasteiger partial charge in [-0.25, -0.2) is 9.37 Å². The molecule has 1 heterocycles. The Morgan fingerprint density at radius 2 is 1.72 bits per heavy atom. The smallest absolute Gasteiger partial charge is 0.255 e. The summed E-state index contributed by atoms with van der Waals surface area (Å²) >= 11 is 18.0. The van der Waals surface area contributed by atoms with Crippen LogP contribution in [0.1, 0.15) is 10.4 Å². The van der Waals surface area contributed by atoms with Crippen LogP contribution in [0, 0.1) is 5.82 Å². The molecule has 0 atom stereocenters. The second-order valence-corrected chi connectivity index (χ2v) is 7.34. The average Bonchev–Trinajstić information content (AvgIpc) is 3.09. The molecule has 3 N–H and O–H groups in total. The van der Waals surface area contributed by atoms with Crippen molar-refractivity contribution in [1.29, 1.82) is 0 Å². The lowest BCUT2D eigenvalue weighted by Gasteiger charge is -2.06. The number of nitrogens with zero attached hydrogens (tertiary/aromatic N) is 1. The minimum Gasteiger partial charge on any atom is -0.324 e. The topological polar surface area (TPSA) is 69.8 Å². The van der Waals surface area contributed by atoms with Crippen LogP contribution in [0.2, 0.25) is 15.1 Å². The Morgan fingerprint density at radius 3 is 2.45 bits per heavy atom. The summed E-state index contributed by atoms with van der Waals surface area (Å²) in [6.45, 7) is 0. The maximum Gasteiger partial charge on any atom is 0.255 e. The molecule has 1 aromatic heterocycles. The Labute approximate surface area is 179 Å². The first-order valence-corrected chi connectivity index (χ1v) is 9.51. The van der Waals surface area contributed by atoms with Gasteiger partial charge in [0.15, 0.2) is 0 Å². The normalized spacial score (nSPS) is 10.9. The number of benzene rings is 3. The lowest BCUT2D eigenvalue weighted by Crippen LogP contribution is -2.11. The highest BCUT2D eigenvalue weighted by Crippen LogP contribution is 2.32. The molecular weight excluding hydrogens is 438 g/mol. The summed E-state index contributed by atoms with van der Waals surface area (Å²) in [7, 11) is 0. The minimum absolute atomic E-state index is 0.0143. The van der Waals surface area contributed by atoms with Crippen LogP contribution >= 0.6 is 34.8 Å². The summed E-state index contributed by atoms with van der Waals surface area (Å²) in [6, 6.07) is 14.2. The molecule has 0 aliphatic rings. The van der Waals surface area contributed by atoms with Gasteiger partial charge in [-0.1, -0.05) is 40.9 Å². The highest BCUT2D eigenvalue weighted by molar-refractivity contribution is 6.39. The summed E-state index contributed by atoms with van der Waals surface area (Å²) in [5, 5.41) is 6.56. The SMILES string of the molecule is O=C(Nc1ccc(Cl)c(F)c1)c1ccc2[nH]c(Nc3c(Cl)cccc3Cl)nc2c1. The van der Waals surface area contributed by atoms with Crippen LogP contribution in [0.15, 0.2) is 54.6 Å². The Bertz CT molecular complexity index is 1220. The van der Waals surface area contributed by atoms with E-state index in [0.29, 0.717) is 44.0 Å². The maximum absolute atomic E-state index is 13.6. The van der Waals surface area contributed by atoms with E-state index >= 15 is 0 Å². The zero-order valence-corrected chi connectivity index (χ0v) is 16.8. The molecule has 9 heteroatoms. The fourth-order valence-corrected chi connectivity index (χ4v) is 3.33. The maximum atomic E-state index is 13.6. The zero-order valence-electron chi connectivity index (χ0n) is 14.6. The summed E-state index contributed by atoms with van der Waals surface area (Å²) in [6.07, 6.45) is 0. The standard InChI is InChI=1S/C20H12Cl3FN4O/c21-12-6-5-11(9-15(12)24)25-19(29)10-4-7-16-17(8-10)27-20(26-16)28-18-13(22)2-1-3-14(18)23/h1-9H,(H,25,29)(H2,26,27,28). The van der Waals surface area contributed by atoms with Crippen molar-refractivity contribution in [3.8, 4) is 0 Å². The van der Waals surface area contributed by atoms with Gasteiger partial charge in [0.2, 0.25) is 5.95 Å². The third kappa shape index (κ3) is 4.15. The van der Waals surface area contributed by atoms with Crippen LogP contribution in [0.25, 0.3) is 11.0 Å². The van der Waals surface area contributed by atoms with E-state index in [4.69, 9.17) is 34.8 Å². The summed E-state index contributed by atoms with van der Waals surface area (Å²) in [5.41, 5.74) is 2.46. The van der Waals surface area contributed by atoms with E-state index in [2.05, 4.69) is 20.6 Å². The van der Waals surface area contributed by atoms with Gasteiger partial charge in [-0.05, 0) is 48.5 Å². The number of halogens is 4. The molecule has 0 aliphatic carbocycles. The lowest BCUT2D eigenvalue weighted by molar-refractivity contribution is 0.102. The van der Waals surface area contributed by atoms with E-state index in [1.54, 1.807) is 36.4 Å². The molecule has 1 amide bonds. The van der Waals surface area contributed by atoms with E-state index in [0.717, 1.165) is 6.07 Å². The van der Waals surface area contributed by atoms with Gasteiger partial charge in [-0.2, -0.15) is 0 Å². The first-order chi connectivity index (χ1) is 13.9. The largest absolute Gasteiger partial charge is 0.324 e. The van der Waals surface area contributed by atoms with Crippen LogP contribution in [-0.4, -0.2) is 15.9 Å². The van der Waals surface area contributed by atoms with Crippen molar-refractivity contribution in [2.75, 3.05) is 10.6 Å². The number of imidazole rings is 1. The second-order valence-electron chi connectivity index (χ2n) is 6.12. The Hall–Kier alpha value is -2.80. The van der Waals surface area contributed by atoms with E-state index in [9.17, 15) is 9.18 Å². The predicted molar refractivity (Wildman–Crippen MR) is 115 cm³/mol. The molecule has 0 saturated heterocycles. The highest BCUT2D eigenvalue weighted by atomic mass is 35.5. The number of carbonyl (C=O) groups excluding carboxylic acids is 1. The van der Waals surface area contributed by atoms with Crippen molar-refractivity contribution in [2.45, 2.75) is 0 Å². The van der Waals surface area contributed by atoms with Gasteiger partial charge in [0.25, 0.3) is 5.91 Å². The van der Waals surface area contributed by atoms with E-state index in [1.165, 1.54) is 12.1 Å². The fraction of sp³-hybridized carbons (Fsp3) is 0. The zero-order chi connectivity index (χ0) is 20.5. The van der Waals surface area contributed by atoms with Crippen molar-refractivity contribution in [1.82, 2.24) is 9.97 Å². The van der Waals surface area contributed by atoms with Crippen molar-refractivity contribution in [3.05, 3.63) is 81.0 Å². The van der Waals surface area contributed by atoms with Gasteiger partial charge in [0, 0.05) is 11.3 Å². The van der Waals surface area contributed by atoms with Crippen molar-refractivity contribution in [3.63, 3.8) is 0 Å². The van der Waals surface area contributed by atoms with Gasteiger partial charge in [0.1, 0.15) is 5.82 Å². The summed E-state index contributed by atoms with van der Waals surface area (Å²) in [5.74, 6) is -0.589. The van der Waals surface area contributed by atoms with Gasteiger partial charge in [0.05, 0.1) is 31.8 Å². The molecule has 29 heavy (non-hydrogen) atoms. The molecule has 5 nitrogen and oxygen atoms in total. The average molecular weight is 450 g/mol. The molecular formula is C20H12Cl3FN4O. The first-order valence-electron chi connectivity index (χ1n) is 8.38. The monoisotopic (exact) mass is 448 g/mol. The van der Waals surface area contributed by atoms with Crippen molar-refractivity contribution in [2.24, 2.45) is 0 Å². The molecule has 4 rings (SSSR count). The lowest BCUT2D eigenvalue weighted by atomic mass is 10.2. The van der Waals surface area contributed by atoms with E-state index in [1.807, 2.05) is 0 Å². The molecule has 146 valence electrons. The second kappa shape index (κ2) is 7.91. The Balaban J connectivity index is 1.58. The summed E-state index contributed by atoms with van der Waals surface area (Å²) < 4.78 is 13.6. The number of aromatic nitrogens is 2. The molecule has 0 radical (unpaired) electrons. The van der Waals surface area contributed by atoms with Gasteiger partial charge < -0.3 is 15.6 Å². The number of hydrogen-bond donors (Lipinski definition) is 3. The van der Waals surface area contributed by atoms with Crippen molar-refractivity contribution < 1.29 is 9.18 Å². The van der Waals surface area contributed by atoms with Crippen LogP contribution in [0.3, 0.4) is 0 Å². The van der Waals surface area contributed by atoms with E-state index in [-0.39, 0.29) is 5.02 Å². The molecule has 0 saturated carbocycles. The number of rotatable bonds is 4. The van der Waals surface area contributed by atoms with Crippen LogP contribution in [0.5, 0.6) is 0 Å². The fourth-order valence-electron chi connectivity index (χ4n) is 2.72. The number of aromatic amines is 1. The molecule has 0 unspecified atom stereocenters. The molecule has 0 fully saturated rings. The number of H-pyrrole nitrogens is 1. The number of hydrogen-bond acceptors (Lipinski definition) is 3. The highest BCUT2D eigenvalue weighted by Gasteiger charge is 2.12. The molecule has 0 aliphatic heterocycles. The Morgan fingerprint density at radius 1 is 0.966 bits per heavy atom. The number of amides is 1. The Kier molecular flexibility index (Phi) is 5.32. The third-order valence-corrected chi connectivity index (χ3v) is 5.07. The van der Waals surface area contributed by atoms with Gasteiger partial charge >= 0.3 is 0 Å². The molecule has 3 aromatic carbocycles. The third-order valence-electron chi connectivity index (χ3n) is 4.13. The number of fused-ring (bicyclic) bond motifs is 1. The number of carbonyl (C=O) groups is 1. The predicted octanol–water partition coefficient (Wildman–Crippen LogP) is 6.66. The van der Waals surface area contributed by atoms with Crippen LogP contribution in [0.4, 0.5) is 21.7 Å². The van der Waals surface area contributed by atoms with Gasteiger partial charge in [-0.3, -0.25) is 4.79 Å². The van der Waals surface area contributed by atoms with Crippen molar-refractivity contribution >= 4 is 69.1 Å². The number of para-hydroxylation sites is 1. The first kappa shape index (κ1) is 19.5. The minimum atomic E-state index is -0.610. The van der Waals surface area contributed by atoms with Crippen LogP contribution < -0.4 is 10.6 Å².